The maximum atomic E-state index is 12.4. The first-order valence-corrected chi connectivity index (χ1v) is 10.9. The minimum absolute atomic E-state index is 0.0791. The van der Waals surface area contributed by atoms with Gasteiger partial charge in [-0.15, -0.1) is 11.3 Å². The van der Waals surface area contributed by atoms with Gasteiger partial charge in [-0.3, -0.25) is 4.79 Å². The molecule has 6 nitrogen and oxygen atoms in total. The molecule has 0 bridgehead atoms. The summed E-state index contributed by atoms with van der Waals surface area (Å²) in [7, 11) is 0. The van der Waals surface area contributed by atoms with Crippen LogP contribution in [0.5, 0.6) is 5.75 Å². The Bertz CT molecular complexity index is 798. The van der Waals surface area contributed by atoms with Crippen molar-refractivity contribution >= 4 is 35.0 Å². The van der Waals surface area contributed by atoms with Crippen molar-refractivity contribution in [1.29, 1.82) is 0 Å². The molecule has 27 heavy (non-hydrogen) atoms. The Hall–Kier alpha value is -2.06. The van der Waals surface area contributed by atoms with Gasteiger partial charge >= 0.3 is 5.97 Å². The molecule has 144 valence electrons. The van der Waals surface area contributed by atoms with E-state index >= 15 is 0 Å². The van der Waals surface area contributed by atoms with E-state index in [1.165, 1.54) is 11.3 Å². The lowest BCUT2D eigenvalue weighted by Crippen LogP contribution is -2.56. The summed E-state index contributed by atoms with van der Waals surface area (Å²) in [5.41, 5.74) is 0.463. The third-order valence-electron chi connectivity index (χ3n) is 4.44. The summed E-state index contributed by atoms with van der Waals surface area (Å²) in [5.74, 6) is 1.04. The molecule has 0 unspecified atom stereocenters. The fourth-order valence-corrected chi connectivity index (χ4v) is 4.98. The van der Waals surface area contributed by atoms with E-state index < -0.39 is 11.5 Å². The zero-order valence-corrected chi connectivity index (χ0v) is 16.7. The first kappa shape index (κ1) is 19.7. The second kappa shape index (κ2) is 8.75. The van der Waals surface area contributed by atoms with Crippen LogP contribution in [0.15, 0.2) is 29.6 Å². The molecule has 2 N–H and O–H groups in total. The highest BCUT2D eigenvalue weighted by atomic mass is 32.2. The van der Waals surface area contributed by atoms with Gasteiger partial charge in [-0.05, 0) is 55.5 Å². The van der Waals surface area contributed by atoms with Gasteiger partial charge in [0.05, 0.1) is 18.7 Å². The molecule has 1 aromatic carbocycles. The van der Waals surface area contributed by atoms with Crippen LogP contribution in [0.25, 0.3) is 10.6 Å². The number of carbonyl (C=O) groups excluding carboxylic acids is 1. The van der Waals surface area contributed by atoms with E-state index in [1.54, 1.807) is 11.8 Å². The Morgan fingerprint density at radius 1 is 1.26 bits per heavy atom. The average molecular weight is 407 g/mol. The number of carbonyl (C=O) groups is 2. The van der Waals surface area contributed by atoms with E-state index in [9.17, 15) is 14.7 Å². The van der Waals surface area contributed by atoms with Gasteiger partial charge in [0.25, 0.3) is 0 Å². The first-order chi connectivity index (χ1) is 13.0. The molecule has 1 amide bonds. The SMILES string of the molecule is CCOc1ccc(-c2nc(CC(=O)NC3(C(=O)O)CCSCC3)cs2)cc1. The molecule has 1 aliphatic rings. The molecule has 0 atom stereocenters. The number of thioether (sulfide) groups is 1. The highest BCUT2D eigenvalue weighted by Gasteiger charge is 2.41. The van der Waals surface area contributed by atoms with E-state index in [0.717, 1.165) is 27.8 Å². The van der Waals surface area contributed by atoms with Gasteiger partial charge in [0, 0.05) is 10.9 Å². The van der Waals surface area contributed by atoms with Crippen LogP contribution >= 0.6 is 23.1 Å². The molecule has 1 fully saturated rings. The largest absolute Gasteiger partial charge is 0.494 e. The minimum Gasteiger partial charge on any atom is -0.494 e. The van der Waals surface area contributed by atoms with E-state index in [0.29, 0.717) is 25.1 Å². The smallest absolute Gasteiger partial charge is 0.329 e. The predicted molar refractivity (Wildman–Crippen MR) is 107 cm³/mol. The number of aromatic nitrogens is 1. The van der Waals surface area contributed by atoms with Crippen LogP contribution in [0.3, 0.4) is 0 Å². The highest BCUT2D eigenvalue weighted by molar-refractivity contribution is 7.99. The average Bonchev–Trinajstić information content (AvgIpc) is 3.11. The van der Waals surface area contributed by atoms with Gasteiger partial charge in [0.15, 0.2) is 0 Å². The number of rotatable bonds is 7. The third-order valence-corrected chi connectivity index (χ3v) is 6.37. The number of carboxylic acid groups (broad SMARTS) is 1. The van der Waals surface area contributed by atoms with Crippen LogP contribution in [0.4, 0.5) is 0 Å². The molecule has 0 spiro atoms. The molecule has 2 aromatic rings. The number of nitrogens with zero attached hydrogens (tertiary/aromatic N) is 1. The molecular formula is C19H22N2O4S2. The maximum absolute atomic E-state index is 12.4. The van der Waals surface area contributed by atoms with Gasteiger partial charge in [0.2, 0.25) is 5.91 Å². The van der Waals surface area contributed by atoms with Crippen molar-refractivity contribution in [1.82, 2.24) is 10.3 Å². The van der Waals surface area contributed by atoms with Crippen molar-refractivity contribution in [2.24, 2.45) is 0 Å². The lowest BCUT2D eigenvalue weighted by Gasteiger charge is -2.33. The summed E-state index contributed by atoms with van der Waals surface area (Å²) < 4.78 is 5.44. The summed E-state index contributed by atoms with van der Waals surface area (Å²) >= 11 is 3.18. The number of benzene rings is 1. The topological polar surface area (TPSA) is 88.5 Å². The summed E-state index contributed by atoms with van der Waals surface area (Å²) in [6.07, 6.45) is 0.982. The Kier molecular flexibility index (Phi) is 6.38. The zero-order valence-electron chi connectivity index (χ0n) is 15.1. The van der Waals surface area contributed by atoms with Gasteiger partial charge in [-0.1, -0.05) is 0 Å². The fourth-order valence-electron chi connectivity index (χ4n) is 2.97. The van der Waals surface area contributed by atoms with Gasteiger partial charge in [-0.25, -0.2) is 9.78 Å². The van der Waals surface area contributed by atoms with Crippen LogP contribution in [0.2, 0.25) is 0 Å². The maximum Gasteiger partial charge on any atom is 0.329 e. The number of ether oxygens (including phenoxy) is 1. The Balaban J connectivity index is 1.64. The van der Waals surface area contributed by atoms with Gasteiger partial charge < -0.3 is 15.2 Å². The van der Waals surface area contributed by atoms with Crippen molar-refractivity contribution < 1.29 is 19.4 Å². The zero-order chi connectivity index (χ0) is 19.3. The molecule has 2 heterocycles. The third kappa shape index (κ3) is 4.81. The molecule has 0 saturated carbocycles. The van der Waals surface area contributed by atoms with Gasteiger partial charge in [0.1, 0.15) is 16.3 Å². The van der Waals surface area contributed by atoms with Gasteiger partial charge in [-0.2, -0.15) is 11.8 Å². The quantitative estimate of drug-likeness (QED) is 0.734. The monoisotopic (exact) mass is 406 g/mol. The van der Waals surface area contributed by atoms with Crippen LogP contribution in [-0.2, 0) is 16.0 Å². The van der Waals surface area contributed by atoms with Crippen LogP contribution < -0.4 is 10.1 Å². The summed E-state index contributed by atoms with van der Waals surface area (Å²) in [6.45, 7) is 2.55. The predicted octanol–water partition coefficient (Wildman–Crippen LogP) is 3.22. The van der Waals surface area contributed by atoms with E-state index in [4.69, 9.17) is 4.74 Å². The molecule has 8 heteroatoms. The number of hydrogen-bond acceptors (Lipinski definition) is 6. The molecule has 1 saturated heterocycles. The second-order valence-electron chi connectivity index (χ2n) is 6.33. The first-order valence-electron chi connectivity index (χ1n) is 8.82. The molecule has 1 aliphatic heterocycles. The van der Waals surface area contributed by atoms with Crippen LogP contribution in [0.1, 0.15) is 25.5 Å². The number of carboxylic acids is 1. The van der Waals surface area contributed by atoms with Crippen LogP contribution in [0, 0.1) is 0 Å². The molecule has 3 rings (SSSR count). The van der Waals surface area contributed by atoms with E-state index in [-0.39, 0.29) is 12.3 Å². The van der Waals surface area contributed by atoms with Crippen molar-refractivity contribution in [3.8, 4) is 16.3 Å². The summed E-state index contributed by atoms with van der Waals surface area (Å²) in [4.78, 5) is 28.6. The number of thiazole rings is 1. The Morgan fingerprint density at radius 2 is 1.96 bits per heavy atom. The van der Waals surface area contributed by atoms with Crippen molar-refractivity contribution in [3.05, 3.63) is 35.3 Å². The molecule has 0 aliphatic carbocycles. The van der Waals surface area contributed by atoms with E-state index in [1.807, 2.05) is 36.6 Å². The van der Waals surface area contributed by atoms with Crippen molar-refractivity contribution in [2.45, 2.75) is 31.7 Å². The molecule has 1 aromatic heterocycles. The highest BCUT2D eigenvalue weighted by Crippen LogP contribution is 2.28. The van der Waals surface area contributed by atoms with E-state index in [2.05, 4.69) is 10.3 Å². The number of amides is 1. The number of nitrogens with one attached hydrogen (secondary N) is 1. The number of aliphatic carboxylic acids is 1. The van der Waals surface area contributed by atoms with Crippen molar-refractivity contribution in [3.63, 3.8) is 0 Å². The fraction of sp³-hybridized carbons (Fsp3) is 0.421. The Morgan fingerprint density at radius 3 is 2.59 bits per heavy atom. The van der Waals surface area contributed by atoms with Crippen molar-refractivity contribution in [2.75, 3.05) is 18.1 Å². The summed E-state index contributed by atoms with van der Waals surface area (Å²) in [6, 6.07) is 7.66. The minimum atomic E-state index is -1.14. The Labute approximate surface area is 166 Å². The normalized spacial score (nSPS) is 15.9. The summed E-state index contributed by atoms with van der Waals surface area (Å²) in [5, 5.41) is 15.0. The molecule has 0 radical (unpaired) electrons. The second-order valence-corrected chi connectivity index (χ2v) is 8.41. The standard InChI is InChI=1S/C19H22N2O4S2/c1-2-25-15-5-3-13(4-6-15)17-20-14(12-27-17)11-16(22)21-19(18(23)24)7-9-26-10-8-19/h3-6,12H,2,7-11H2,1H3,(H,21,22)(H,23,24). The molecular weight excluding hydrogens is 384 g/mol. The lowest BCUT2D eigenvalue weighted by molar-refractivity contribution is -0.148. The number of hydrogen-bond donors (Lipinski definition) is 2. The lowest BCUT2D eigenvalue weighted by atomic mass is 9.92. The van der Waals surface area contributed by atoms with Crippen LogP contribution in [-0.4, -0.2) is 45.6 Å².